The van der Waals surface area contributed by atoms with E-state index in [0.29, 0.717) is 17.5 Å². The summed E-state index contributed by atoms with van der Waals surface area (Å²) in [7, 11) is 0. The van der Waals surface area contributed by atoms with Gasteiger partial charge in [-0.05, 0) is 117 Å². The average Bonchev–Trinajstić information content (AvgIpc) is 3.32. The number of rotatable bonds is 4. The summed E-state index contributed by atoms with van der Waals surface area (Å²) in [5.74, 6) is 1.83. The van der Waals surface area contributed by atoms with Crippen LogP contribution in [-0.4, -0.2) is 19.9 Å². The minimum Gasteiger partial charge on any atom is -0.255 e. The molecule has 60 heavy (non-hydrogen) atoms. The molecule has 0 saturated heterocycles. The molecule has 11 aromatic carbocycles. The highest BCUT2D eigenvalue weighted by atomic mass is 15.0. The molecule has 13 rings (SSSR count). The van der Waals surface area contributed by atoms with Crippen LogP contribution < -0.4 is 0 Å². The summed E-state index contributed by atoms with van der Waals surface area (Å²) >= 11 is 0. The molecule has 0 atom stereocenters. The van der Waals surface area contributed by atoms with Crippen LogP contribution in [0.25, 0.3) is 132 Å². The van der Waals surface area contributed by atoms with Crippen LogP contribution in [0.1, 0.15) is 0 Å². The molecule has 4 heteroatoms. The van der Waals surface area contributed by atoms with Gasteiger partial charge >= 0.3 is 0 Å². The standard InChI is InChI=1S/C56H32N4/c1-2-11-36(12-3-1)54-58-55(40-29-37-13-4-7-22-49(37)57-32-40)60-56(59-54)47-28-27-41(42-17-5-6-18-43(42)47)39-30-38-26-25-35-15-9-20-45-44-19-8-14-33-23-24-34-16-10-21-46(52(34)50(33)44)48(31-39)53(38)51(35)45/h1-32H. The second kappa shape index (κ2) is 12.7. The zero-order valence-electron chi connectivity index (χ0n) is 32.3. The summed E-state index contributed by atoms with van der Waals surface area (Å²) in [6.45, 7) is 0. The zero-order chi connectivity index (χ0) is 39.3. The first-order valence-corrected chi connectivity index (χ1v) is 20.4. The second-order valence-corrected chi connectivity index (χ2v) is 15.8. The summed E-state index contributed by atoms with van der Waals surface area (Å²) in [6, 6.07) is 67.7. The van der Waals surface area contributed by atoms with E-state index in [-0.39, 0.29) is 0 Å². The van der Waals surface area contributed by atoms with Crippen LogP contribution in [0.5, 0.6) is 0 Å². The smallest absolute Gasteiger partial charge is 0.165 e. The third-order valence-electron chi connectivity index (χ3n) is 12.4. The Morgan fingerprint density at radius 3 is 1.45 bits per heavy atom. The van der Waals surface area contributed by atoms with Crippen molar-refractivity contribution in [3.63, 3.8) is 0 Å². The maximum atomic E-state index is 5.18. The number of para-hydroxylation sites is 1. The number of fused-ring (bicyclic) bond motifs is 4. The number of pyridine rings is 1. The topological polar surface area (TPSA) is 51.6 Å². The fourth-order valence-corrected chi connectivity index (χ4v) is 9.72. The van der Waals surface area contributed by atoms with Crippen LogP contribution in [0.2, 0.25) is 0 Å². The van der Waals surface area contributed by atoms with Crippen LogP contribution in [-0.2, 0) is 0 Å². The van der Waals surface area contributed by atoms with Gasteiger partial charge in [-0.2, -0.15) is 0 Å². The van der Waals surface area contributed by atoms with Gasteiger partial charge in [0.15, 0.2) is 17.5 Å². The van der Waals surface area contributed by atoms with Crippen molar-refractivity contribution < 1.29 is 0 Å². The molecule has 0 aliphatic heterocycles. The number of nitrogens with zero attached hydrogens (tertiary/aromatic N) is 4. The molecule has 0 amide bonds. The Balaban J connectivity index is 1.08. The molecule has 0 N–H and O–H groups in total. The summed E-state index contributed by atoms with van der Waals surface area (Å²) in [4.78, 5) is 20.1. The van der Waals surface area contributed by atoms with Gasteiger partial charge < -0.3 is 0 Å². The van der Waals surface area contributed by atoms with Gasteiger partial charge in [0.2, 0.25) is 0 Å². The normalized spacial score (nSPS) is 12.0. The fraction of sp³-hybridized carbons (Fsp3) is 0. The van der Waals surface area contributed by atoms with Crippen LogP contribution in [0.3, 0.4) is 0 Å². The van der Waals surface area contributed by atoms with E-state index in [4.69, 9.17) is 19.9 Å². The van der Waals surface area contributed by atoms with E-state index in [1.165, 1.54) is 70.2 Å². The maximum Gasteiger partial charge on any atom is 0.165 e. The predicted molar refractivity (Wildman–Crippen MR) is 251 cm³/mol. The minimum atomic E-state index is 0.586. The molecule has 0 bridgehead atoms. The van der Waals surface area contributed by atoms with Crippen molar-refractivity contribution in [1.82, 2.24) is 19.9 Å². The lowest BCUT2D eigenvalue weighted by Gasteiger charge is -2.18. The quantitative estimate of drug-likeness (QED) is 0.168. The highest BCUT2D eigenvalue weighted by molar-refractivity contribution is 6.37. The molecule has 0 radical (unpaired) electrons. The lowest BCUT2D eigenvalue weighted by atomic mass is 9.86. The Bertz CT molecular complexity index is 3890. The van der Waals surface area contributed by atoms with Crippen LogP contribution >= 0.6 is 0 Å². The molecular weight excluding hydrogens is 729 g/mol. The molecule has 13 aromatic rings. The van der Waals surface area contributed by atoms with Gasteiger partial charge in [-0.15, -0.1) is 0 Å². The first-order chi connectivity index (χ1) is 29.7. The van der Waals surface area contributed by atoms with Crippen LogP contribution in [0.15, 0.2) is 194 Å². The van der Waals surface area contributed by atoms with Gasteiger partial charge in [-0.25, -0.2) is 15.0 Å². The Morgan fingerprint density at radius 1 is 0.267 bits per heavy atom. The predicted octanol–water partition coefficient (Wildman–Crippen LogP) is 14.6. The monoisotopic (exact) mass is 760 g/mol. The van der Waals surface area contributed by atoms with E-state index >= 15 is 0 Å². The van der Waals surface area contributed by atoms with Crippen molar-refractivity contribution in [2.24, 2.45) is 0 Å². The van der Waals surface area contributed by atoms with E-state index in [1.807, 2.05) is 54.7 Å². The van der Waals surface area contributed by atoms with E-state index < -0.39 is 0 Å². The minimum absolute atomic E-state index is 0.586. The van der Waals surface area contributed by atoms with Crippen molar-refractivity contribution in [3.8, 4) is 45.3 Å². The summed E-state index contributed by atoms with van der Waals surface area (Å²) in [5.41, 5.74) is 5.97. The molecule has 0 aliphatic carbocycles. The molecule has 0 spiro atoms. The molecular formula is C56H32N4. The van der Waals surface area contributed by atoms with Crippen LogP contribution in [0.4, 0.5) is 0 Å². The molecule has 2 heterocycles. The molecule has 0 aliphatic rings. The highest BCUT2D eigenvalue weighted by Gasteiger charge is 2.19. The second-order valence-electron chi connectivity index (χ2n) is 15.8. The Hall–Kier alpha value is -8.08. The Kier molecular flexibility index (Phi) is 6.98. The van der Waals surface area contributed by atoms with E-state index in [2.05, 4.69) is 140 Å². The van der Waals surface area contributed by atoms with Crippen molar-refractivity contribution in [2.45, 2.75) is 0 Å². The van der Waals surface area contributed by atoms with Crippen molar-refractivity contribution >= 4 is 86.3 Å². The summed E-state index contributed by atoms with van der Waals surface area (Å²) < 4.78 is 0. The van der Waals surface area contributed by atoms with Gasteiger partial charge in [0, 0.05) is 28.3 Å². The SMILES string of the molecule is c1ccc(-c2nc(-c3cnc4ccccc4c3)nc(-c3ccc(-c4cc5ccc6cccc7c8cccc9ccc%10cccc(c(c4)c5c67)c%10c98)c4ccccc34)n2)cc1. The zero-order valence-corrected chi connectivity index (χ0v) is 32.3. The Labute approximate surface area is 344 Å². The number of hydrogen-bond donors (Lipinski definition) is 0. The molecule has 0 saturated carbocycles. The lowest BCUT2D eigenvalue weighted by molar-refractivity contribution is 1.07. The molecule has 276 valence electrons. The van der Waals surface area contributed by atoms with E-state index in [1.54, 1.807) is 0 Å². The molecule has 0 fully saturated rings. The van der Waals surface area contributed by atoms with Gasteiger partial charge in [0.05, 0.1) is 5.52 Å². The summed E-state index contributed by atoms with van der Waals surface area (Å²) in [6.07, 6.45) is 1.86. The Morgan fingerprint density at radius 2 is 0.750 bits per heavy atom. The van der Waals surface area contributed by atoms with Crippen LogP contribution in [0, 0.1) is 0 Å². The highest BCUT2D eigenvalue weighted by Crippen LogP contribution is 2.45. The molecule has 0 unspecified atom stereocenters. The van der Waals surface area contributed by atoms with Crippen molar-refractivity contribution in [3.05, 3.63) is 194 Å². The van der Waals surface area contributed by atoms with E-state index in [9.17, 15) is 0 Å². The van der Waals surface area contributed by atoms with Crippen molar-refractivity contribution in [1.29, 1.82) is 0 Å². The number of benzene rings is 10. The molecule has 4 nitrogen and oxygen atoms in total. The van der Waals surface area contributed by atoms with Gasteiger partial charge in [-0.1, -0.05) is 158 Å². The number of aromatic nitrogens is 4. The molecule has 2 aromatic heterocycles. The fourth-order valence-electron chi connectivity index (χ4n) is 9.72. The average molecular weight is 761 g/mol. The van der Waals surface area contributed by atoms with E-state index in [0.717, 1.165) is 43.9 Å². The van der Waals surface area contributed by atoms with Gasteiger partial charge in [-0.3, -0.25) is 4.98 Å². The lowest BCUT2D eigenvalue weighted by Crippen LogP contribution is -2.01. The number of hydrogen-bond acceptors (Lipinski definition) is 4. The summed E-state index contributed by atoms with van der Waals surface area (Å²) in [5, 5.41) is 18.5. The van der Waals surface area contributed by atoms with Crippen molar-refractivity contribution in [2.75, 3.05) is 0 Å². The van der Waals surface area contributed by atoms with Gasteiger partial charge in [0.25, 0.3) is 0 Å². The first kappa shape index (κ1) is 32.9. The third-order valence-corrected chi connectivity index (χ3v) is 12.4. The van der Waals surface area contributed by atoms with Gasteiger partial charge in [0.1, 0.15) is 0 Å². The third kappa shape index (κ3) is 4.91. The maximum absolute atomic E-state index is 5.18. The largest absolute Gasteiger partial charge is 0.255 e. The first-order valence-electron chi connectivity index (χ1n) is 20.4.